The maximum atomic E-state index is 12.0. The lowest BCUT2D eigenvalue weighted by atomic mass is 10.1. The summed E-state index contributed by atoms with van der Waals surface area (Å²) < 4.78 is 0.728. The fourth-order valence-corrected chi connectivity index (χ4v) is 2.26. The van der Waals surface area contributed by atoms with Gasteiger partial charge in [-0.3, -0.25) is 4.79 Å². The molecular weight excluding hydrogens is 282 g/mol. The van der Waals surface area contributed by atoms with Crippen LogP contribution in [-0.2, 0) is 4.79 Å². The summed E-state index contributed by atoms with van der Waals surface area (Å²) in [5.41, 5.74) is 0.965. The molecule has 0 bridgehead atoms. The van der Waals surface area contributed by atoms with Crippen molar-refractivity contribution in [2.75, 3.05) is 11.9 Å². The molecule has 0 spiro atoms. The summed E-state index contributed by atoms with van der Waals surface area (Å²) in [6.07, 6.45) is 0.888. The molecule has 2 rings (SSSR count). The lowest BCUT2D eigenvalue weighted by Gasteiger charge is -2.12. The quantitative estimate of drug-likeness (QED) is 0.822. The first kappa shape index (κ1) is 12.5. The zero-order valence-corrected chi connectivity index (χ0v) is 11.5. The minimum atomic E-state index is -0.0924. The largest absolute Gasteiger partial charge is 0.309 e. The maximum absolute atomic E-state index is 12.0. The molecule has 1 amide bonds. The normalized spacial score (nSPS) is 23.7. The second-order valence-corrected chi connectivity index (χ2v) is 5.40. The van der Waals surface area contributed by atoms with E-state index >= 15 is 0 Å². The van der Waals surface area contributed by atoms with Gasteiger partial charge in [0.05, 0.1) is 6.04 Å². The Morgan fingerprint density at radius 2 is 2.35 bits per heavy atom. The molecule has 1 aliphatic rings. The van der Waals surface area contributed by atoms with Crippen molar-refractivity contribution < 1.29 is 4.79 Å². The fraction of sp³-hybridized carbons (Fsp3) is 0.500. The molecule has 0 saturated carbocycles. The Balaban J connectivity index is 2.05. The van der Waals surface area contributed by atoms with Crippen molar-refractivity contribution in [3.8, 4) is 0 Å². The molecule has 92 valence electrons. The lowest BCUT2D eigenvalue weighted by Crippen LogP contribution is -2.35. The van der Waals surface area contributed by atoms with Crippen molar-refractivity contribution in [3.63, 3.8) is 0 Å². The van der Waals surface area contributed by atoms with E-state index in [9.17, 15) is 4.79 Å². The summed E-state index contributed by atoms with van der Waals surface area (Å²) in [6.45, 7) is 4.98. The first-order chi connectivity index (χ1) is 8.06. The molecule has 0 aliphatic carbocycles. The van der Waals surface area contributed by atoms with Crippen LogP contribution in [0.3, 0.4) is 0 Å². The molecule has 1 aliphatic heterocycles. The second kappa shape index (κ2) is 5.14. The molecule has 0 radical (unpaired) electrons. The van der Waals surface area contributed by atoms with E-state index in [2.05, 4.69) is 38.5 Å². The van der Waals surface area contributed by atoms with E-state index in [4.69, 9.17) is 0 Å². The summed E-state index contributed by atoms with van der Waals surface area (Å²) in [5.74, 6) is 1.19. The van der Waals surface area contributed by atoms with E-state index < -0.39 is 0 Å². The zero-order valence-electron chi connectivity index (χ0n) is 9.96. The third-order valence-corrected chi connectivity index (χ3v) is 3.41. The van der Waals surface area contributed by atoms with Gasteiger partial charge in [-0.2, -0.15) is 0 Å². The first-order valence-corrected chi connectivity index (χ1v) is 6.53. The van der Waals surface area contributed by atoms with Crippen LogP contribution in [0.1, 0.15) is 18.9 Å². The van der Waals surface area contributed by atoms with Gasteiger partial charge in [-0.25, -0.2) is 4.98 Å². The smallest absolute Gasteiger partial charge is 0.242 e. The lowest BCUT2D eigenvalue weighted by molar-refractivity contribution is -0.117. The Morgan fingerprint density at radius 3 is 3.00 bits per heavy atom. The zero-order chi connectivity index (χ0) is 12.4. The van der Waals surface area contributed by atoms with Crippen LogP contribution < -0.4 is 10.6 Å². The second-order valence-electron chi connectivity index (χ2n) is 4.59. The molecule has 1 aromatic heterocycles. The van der Waals surface area contributed by atoms with E-state index in [0.717, 1.165) is 23.1 Å². The molecular formula is C12H16BrN3O. The van der Waals surface area contributed by atoms with Gasteiger partial charge in [-0.1, -0.05) is 13.0 Å². The fourth-order valence-electron chi connectivity index (χ4n) is 1.95. The summed E-state index contributed by atoms with van der Waals surface area (Å²) in [6, 6.07) is 3.70. The highest BCUT2D eigenvalue weighted by molar-refractivity contribution is 9.10. The van der Waals surface area contributed by atoms with Crippen LogP contribution in [0.15, 0.2) is 16.7 Å². The Bertz CT molecular complexity index is 436. The van der Waals surface area contributed by atoms with Crippen LogP contribution >= 0.6 is 15.9 Å². The molecule has 0 unspecified atom stereocenters. The van der Waals surface area contributed by atoms with Gasteiger partial charge in [0.15, 0.2) is 0 Å². The monoisotopic (exact) mass is 297 g/mol. The van der Waals surface area contributed by atoms with Crippen LogP contribution in [0.25, 0.3) is 0 Å². The van der Waals surface area contributed by atoms with E-state index in [1.54, 1.807) is 0 Å². The third kappa shape index (κ3) is 3.04. The van der Waals surface area contributed by atoms with Gasteiger partial charge >= 0.3 is 0 Å². The summed E-state index contributed by atoms with van der Waals surface area (Å²) in [7, 11) is 0. The molecule has 17 heavy (non-hydrogen) atoms. The van der Waals surface area contributed by atoms with E-state index in [0.29, 0.717) is 11.7 Å². The molecule has 2 atom stereocenters. The number of amides is 1. The van der Waals surface area contributed by atoms with Crippen molar-refractivity contribution in [3.05, 3.63) is 22.3 Å². The Hall–Kier alpha value is -0.940. The van der Waals surface area contributed by atoms with Gasteiger partial charge in [-0.15, -0.1) is 0 Å². The highest BCUT2D eigenvalue weighted by atomic mass is 79.9. The molecule has 5 heteroatoms. The van der Waals surface area contributed by atoms with Crippen LogP contribution in [0.5, 0.6) is 0 Å². The van der Waals surface area contributed by atoms with Gasteiger partial charge in [0, 0.05) is 0 Å². The van der Waals surface area contributed by atoms with Gasteiger partial charge in [0.2, 0.25) is 5.91 Å². The average molecular weight is 298 g/mol. The van der Waals surface area contributed by atoms with Gasteiger partial charge < -0.3 is 10.6 Å². The van der Waals surface area contributed by atoms with Crippen LogP contribution in [0.4, 0.5) is 5.82 Å². The molecule has 2 heterocycles. The summed E-state index contributed by atoms with van der Waals surface area (Å²) in [4.78, 5) is 16.3. The number of hydrogen-bond acceptors (Lipinski definition) is 3. The molecule has 1 fully saturated rings. The predicted octanol–water partition coefficient (Wildman–Crippen LogP) is 2.09. The molecule has 0 aromatic carbocycles. The average Bonchev–Trinajstić information content (AvgIpc) is 2.70. The summed E-state index contributed by atoms with van der Waals surface area (Å²) >= 11 is 3.30. The number of aromatic nitrogens is 1. The minimum Gasteiger partial charge on any atom is -0.309 e. The number of nitrogens with zero attached hydrogens (tertiary/aromatic N) is 1. The van der Waals surface area contributed by atoms with E-state index in [1.165, 1.54) is 0 Å². The molecule has 1 aromatic rings. The molecule has 4 nitrogen and oxygen atoms in total. The van der Waals surface area contributed by atoms with Crippen LogP contribution in [-0.4, -0.2) is 23.5 Å². The van der Waals surface area contributed by atoms with Gasteiger partial charge in [-0.05, 0) is 53.4 Å². The molecule has 1 saturated heterocycles. The number of aryl methyl sites for hydroxylation is 1. The number of anilines is 1. The minimum absolute atomic E-state index is 0.00282. The Labute approximate surface area is 109 Å². The van der Waals surface area contributed by atoms with Gasteiger partial charge in [0.1, 0.15) is 10.4 Å². The van der Waals surface area contributed by atoms with Crippen molar-refractivity contribution >= 4 is 27.7 Å². The highest BCUT2D eigenvalue weighted by Gasteiger charge is 2.27. The van der Waals surface area contributed by atoms with E-state index in [-0.39, 0.29) is 11.9 Å². The van der Waals surface area contributed by atoms with Crippen molar-refractivity contribution in [1.82, 2.24) is 10.3 Å². The third-order valence-electron chi connectivity index (χ3n) is 2.97. The Morgan fingerprint density at radius 1 is 1.59 bits per heavy atom. The SMILES string of the molecule is Cc1ccc(Br)nc1NC(=O)[C@@H]1C[C@@H](C)CN1. The number of carbonyl (C=O) groups excluding carboxylic acids is 1. The van der Waals surface area contributed by atoms with Crippen molar-refractivity contribution in [1.29, 1.82) is 0 Å². The van der Waals surface area contributed by atoms with Crippen LogP contribution in [0, 0.1) is 12.8 Å². The maximum Gasteiger partial charge on any atom is 0.242 e. The number of nitrogens with one attached hydrogen (secondary N) is 2. The standard InChI is InChI=1S/C12H16BrN3O/c1-7-5-9(14-6-7)12(17)16-11-8(2)3-4-10(13)15-11/h3-4,7,9,14H,5-6H2,1-2H3,(H,15,16,17)/t7-,9+/m1/s1. The van der Waals surface area contributed by atoms with Gasteiger partial charge in [0.25, 0.3) is 0 Å². The molecule has 2 N–H and O–H groups in total. The number of halogens is 1. The van der Waals surface area contributed by atoms with Crippen molar-refractivity contribution in [2.45, 2.75) is 26.3 Å². The van der Waals surface area contributed by atoms with Crippen molar-refractivity contribution in [2.24, 2.45) is 5.92 Å². The number of hydrogen-bond donors (Lipinski definition) is 2. The highest BCUT2D eigenvalue weighted by Crippen LogP contribution is 2.18. The van der Waals surface area contributed by atoms with Crippen LogP contribution in [0.2, 0.25) is 0 Å². The Kier molecular flexibility index (Phi) is 3.79. The number of rotatable bonds is 2. The number of pyridine rings is 1. The number of carbonyl (C=O) groups is 1. The topological polar surface area (TPSA) is 54.0 Å². The first-order valence-electron chi connectivity index (χ1n) is 5.73. The van der Waals surface area contributed by atoms with E-state index in [1.807, 2.05) is 19.1 Å². The summed E-state index contributed by atoms with van der Waals surface area (Å²) in [5, 5.41) is 6.08. The predicted molar refractivity (Wildman–Crippen MR) is 70.9 cm³/mol.